The minimum atomic E-state index is 0.515. The van der Waals surface area contributed by atoms with Crippen LogP contribution in [0.5, 0.6) is 5.75 Å². The quantitative estimate of drug-likeness (QED) is 0.835. The maximum atomic E-state index is 9.05. The predicted octanol–water partition coefficient (Wildman–Crippen LogP) is 3.02. The fourth-order valence-corrected chi connectivity index (χ4v) is 2.09. The van der Waals surface area contributed by atoms with E-state index in [1.54, 1.807) is 23.9 Å². The third-order valence-corrected chi connectivity index (χ3v) is 3.08. The average Bonchev–Trinajstić information content (AvgIpc) is 2.64. The first kappa shape index (κ1) is 12.5. The number of aryl methyl sites for hydroxylation is 1. The van der Waals surface area contributed by atoms with E-state index in [1.165, 1.54) is 0 Å². The van der Waals surface area contributed by atoms with Crippen molar-refractivity contribution in [1.82, 2.24) is 9.78 Å². The molecule has 0 radical (unpaired) electrons. The number of halogens is 1. The fraction of sp³-hybridized carbons (Fsp3) is 0.231. The van der Waals surface area contributed by atoms with Gasteiger partial charge in [-0.25, -0.2) is 4.68 Å². The molecule has 0 spiro atoms. The summed E-state index contributed by atoms with van der Waals surface area (Å²) in [7, 11) is 1.57. The van der Waals surface area contributed by atoms with Crippen LogP contribution in [0.4, 0.5) is 0 Å². The molecular formula is C13H12ClN3O. The van der Waals surface area contributed by atoms with Crippen molar-refractivity contribution >= 4 is 11.6 Å². The average molecular weight is 262 g/mol. The van der Waals surface area contributed by atoms with Gasteiger partial charge < -0.3 is 4.74 Å². The Kier molecular flexibility index (Phi) is 3.26. The molecule has 0 unspecified atom stereocenters. The van der Waals surface area contributed by atoms with Gasteiger partial charge in [0.05, 0.1) is 34.8 Å². The number of hydrogen-bond donors (Lipinski definition) is 0. The van der Waals surface area contributed by atoms with Gasteiger partial charge in [-0.3, -0.25) is 0 Å². The molecule has 1 aromatic carbocycles. The van der Waals surface area contributed by atoms with Crippen LogP contribution in [-0.4, -0.2) is 16.9 Å². The molecule has 0 fully saturated rings. The molecule has 92 valence electrons. The zero-order valence-corrected chi connectivity index (χ0v) is 11.1. The van der Waals surface area contributed by atoms with Gasteiger partial charge in [-0.1, -0.05) is 11.6 Å². The predicted molar refractivity (Wildman–Crippen MR) is 69.3 cm³/mol. The topological polar surface area (TPSA) is 50.8 Å². The molecule has 0 N–H and O–H groups in total. The molecule has 5 heteroatoms. The number of benzene rings is 1. The van der Waals surface area contributed by atoms with Crippen LogP contribution < -0.4 is 4.74 Å². The first-order chi connectivity index (χ1) is 8.58. The van der Waals surface area contributed by atoms with Crippen LogP contribution in [0.3, 0.4) is 0 Å². The summed E-state index contributed by atoms with van der Waals surface area (Å²) in [6, 6.07) is 7.55. The number of nitrogens with zero attached hydrogens (tertiary/aromatic N) is 3. The van der Waals surface area contributed by atoms with Gasteiger partial charge in [0.2, 0.25) is 0 Å². The molecule has 0 amide bonds. The molecule has 0 atom stereocenters. The van der Waals surface area contributed by atoms with Crippen molar-refractivity contribution in [3.8, 4) is 17.5 Å². The van der Waals surface area contributed by atoms with Crippen molar-refractivity contribution in [2.24, 2.45) is 0 Å². The summed E-state index contributed by atoms with van der Waals surface area (Å²) in [6.07, 6.45) is 0. The van der Waals surface area contributed by atoms with Gasteiger partial charge in [-0.15, -0.1) is 0 Å². The zero-order valence-electron chi connectivity index (χ0n) is 10.4. The Morgan fingerprint density at radius 2 is 2.11 bits per heavy atom. The lowest BCUT2D eigenvalue weighted by molar-refractivity contribution is 0.415. The molecule has 0 saturated heterocycles. The second-order valence-corrected chi connectivity index (χ2v) is 4.30. The standard InChI is InChI=1S/C13H12ClN3O/c1-8-11(7-15)9(2)17(16-8)10-4-5-13(18-3)12(14)6-10/h4-6H,1-3H3. The third-order valence-electron chi connectivity index (χ3n) is 2.78. The van der Waals surface area contributed by atoms with E-state index in [2.05, 4.69) is 11.2 Å². The second kappa shape index (κ2) is 4.71. The van der Waals surface area contributed by atoms with Gasteiger partial charge in [0, 0.05) is 0 Å². The smallest absolute Gasteiger partial charge is 0.137 e. The van der Waals surface area contributed by atoms with Crippen molar-refractivity contribution in [3.63, 3.8) is 0 Å². The number of ether oxygens (including phenoxy) is 1. The SMILES string of the molecule is COc1ccc(-n2nc(C)c(C#N)c2C)cc1Cl. The van der Waals surface area contributed by atoms with Crippen molar-refractivity contribution in [1.29, 1.82) is 5.26 Å². The Hall–Kier alpha value is -1.99. The first-order valence-corrected chi connectivity index (χ1v) is 5.76. The van der Waals surface area contributed by atoms with E-state index < -0.39 is 0 Å². The number of rotatable bonds is 2. The summed E-state index contributed by atoms with van der Waals surface area (Å²) >= 11 is 6.08. The monoisotopic (exact) mass is 261 g/mol. The van der Waals surface area contributed by atoms with Crippen molar-refractivity contribution in [2.75, 3.05) is 7.11 Å². The van der Waals surface area contributed by atoms with Gasteiger partial charge in [0.15, 0.2) is 0 Å². The van der Waals surface area contributed by atoms with Crippen LogP contribution >= 0.6 is 11.6 Å². The number of methoxy groups -OCH3 is 1. The number of hydrogen-bond acceptors (Lipinski definition) is 3. The Balaban J connectivity index is 2.57. The molecule has 0 aliphatic carbocycles. The highest BCUT2D eigenvalue weighted by Gasteiger charge is 2.13. The van der Waals surface area contributed by atoms with Crippen LogP contribution in [0.2, 0.25) is 5.02 Å². The Morgan fingerprint density at radius 1 is 1.39 bits per heavy atom. The van der Waals surface area contributed by atoms with Gasteiger partial charge in [0.1, 0.15) is 11.8 Å². The van der Waals surface area contributed by atoms with Crippen LogP contribution in [0.25, 0.3) is 5.69 Å². The van der Waals surface area contributed by atoms with Crippen molar-refractivity contribution in [2.45, 2.75) is 13.8 Å². The maximum absolute atomic E-state index is 9.05. The van der Waals surface area contributed by atoms with E-state index in [0.29, 0.717) is 22.0 Å². The normalized spacial score (nSPS) is 10.2. The Bertz CT molecular complexity index is 640. The van der Waals surface area contributed by atoms with E-state index in [4.69, 9.17) is 21.6 Å². The van der Waals surface area contributed by atoms with Crippen LogP contribution in [0.15, 0.2) is 18.2 Å². The highest BCUT2D eigenvalue weighted by molar-refractivity contribution is 6.32. The zero-order chi connectivity index (χ0) is 13.3. The fourth-order valence-electron chi connectivity index (χ4n) is 1.84. The molecule has 18 heavy (non-hydrogen) atoms. The molecule has 1 aromatic heterocycles. The van der Waals surface area contributed by atoms with Crippen molar-refractivity contribution < 1.29 is 4.74 Å². The summed E-state index contributed by atoms with van der Waals surface area (Å²) in [6.45, 7) is 3.67. The molecule has 1 heterocycles. The maximum Gasteiger partial charge on any atom is 0.137 e. The Labute approximate surface area is 110 Å². The van der Waals surface area contributed by atoms with Crippen molar-refractivity contribution in [3.05, 3.63) is 40.2 Å². The molecule has 0 bridgehead atoms. The molecular weight excluding hydrogens is 250 g/mol. The molecule has 2 aromatic rings. The largest absolute Gasteiger partial charge is 0.495 e. The van der Waals surface area contributed by atoms with Crippen LogP contribution in [0.1, 0.15) is 17.0 Å². The molecule has 0 aliphatic heterocycles. The molecule has 4 nitrogen and oxygen atoms in total. The van der Waals surface area contributed by atoms with Gasteiger partial charge in [-0.2, -0.15) is 10.4 Å². The van der Waals surface area contributed by atoms with Crippen LogP contribution in [-0.2, 0) is 0 Å². The van der Waals surface area contributed by atoms with E-state index in [-0.39, 0.29) is 0 Å². The Morgan fingerprint density at radius 3 is 2.61 bits per heavy atom. The first-order valence-electron chi connectivity index (χ1n) is 5.38. The lowest BCUT2D eigenvalue weighted by Gasteiger charge is -2.07. The van der Waals surface area contributed by atoms with Crippen LogP contribution in [0, 0.1) is 25.2 Å². The summed E-state index contributed by atoms with van der Waals surface area (Å²) in [5.74, 6) is 0.613. The summed E-state index contributed by atoms with van der Waals surface area (Å²) in [4.78, 5) is 0. The minimum absolute atomic E-state index is 0.515. The number of aromatic nitrogens is 2. The molecule has 2 rings (SSSR count). The molecule has 0 aliphatic rings. The highest BCUT2D eigenvalue weighted by atomic mass is 35.5. The van der Waals surface area contributed by atoms with E-state index in [0.717, 1.165) is 11.4 Å². The highest BCUT2D eigenvalue weighted by Crippen LogP contribution is 2.27. The van der Waals surface area contributed by atoms with E-state index >= 15 is 0 Å². The summed E-state index contributed by atoms with van der Waals surface area (Å²) < 4.78 is 6.81. The van der Waals surface area contributed by atoms with Gasteiger partial charge in [-0.05, 0) is 32.0 Å². The molecule has 0 saturated carbocycles. The number of nitriles is 1. The van der Waals surface area contributed by atoms with E-state index in [1.807, 2.05) is 19.9 Å². The van der Waals surface area contributed by atoms with Gasteiger partial charge in [0.25, 0.3) is 0 Å². The second-order valence-electron chi connectivity index (χ2n) is 3.89. The van der Waals surface area contributed by atoms with E-state index in [9.17, 15) is 0 Å². The van der Waals surface area contributed by atoms with Gasteiger partial charge >= 0.3 is 0 Å². The third kappa shape index (κ3) is 1.93. The lowest BCUT2D eigenvalue weighted by atomic mass is 10.2. The minimum Gasteiger partial charge on any atom is -0.495 e. The lowest BCUT2D eigenvalue weighted by Crippen LogP contribution is -1.99. The summed E-state index contributed by atoms with van der Waals surface area (Å²) in [5, 5.41) is 13.9. The summed E-state index contributed by atoms with van der Waals surface area (Å²) in [5.41, 5.74) is 2.92.